The molecule has 0 fully saturated rings. The molecule has 1 aromatic rings. The number of rotatable bonds is 3. The van der Waals surface area contributed by atoms with Crippen LogP contribution in [0.15, 0.2) is 29.2 Å². The van der Waals surface area contributed by atoms with Crippen molar-refractivity contribution in [3.63, 3.8) is 0 Å². The minimum Gasteiger partial charge on any atom is -0.495 e. The van der Waals surface area contributed by atoms with Crippen LogP contribution in [-0.2, 0) is 9.73 Å². The molecule has 3 nitrogen and oxygen atoms in total. The Labute approximate surface area is 78.7 Å². The first kappa shape index (κ1) is 10.1. The molecule has 72 valence electrons. The van der Waals surface area contributed by atoms with E-state index in [0.29, 0.717) is 16.4 Å². The van der Waals surface area contributed by atoms with Crippen LogP contribution in [0.4, 0.5) is 0 Å². The summed E-state index contributed by atoms with van der Waals surface area (Å²) in [5, 5.41) is 0. The van der Waals surface area contributed by atoms with Gasteiger partial charge in [0.05, 0.1) is 21.7 Å². The van der Waals surface area contributed by atoms with Crippen LogP contribution in [0.5, 0.6) is 5.75 Å². The van der Waals surface area contributed by atoms with Crippen LogP contribution >= 0.6 is 0 Å². The molecule has 0 unspecified atom stereocenters. The first-order chi connectivity index (χ1) is 6.11. The molecule has 0 saturated heterocycles. The lowest BCUT2D eigenvalue weighted by molar-refractivity contribution is 0.404. The van der Waals surface area contributed by atoms with Crippen molar-refractivity contribution in [2.45, 2.75) is 11.8 Å². The number of ether oxygens (including phenoxy) is 1. The van der Waals surface area contributed by atoms with Crippen LogP contribution in [0.3, 0.4) is 0 Å². The van der Waals surface area contributed by atoms with Crippen molar-refractivity contribution in [2.75, 3.05) is 12.9 Å². The lowest BCUT2D eigenvalue weighted by Crippen LogP contribution is -2.03. The molecule has 0 saturated carbocycles. The normalized spacial score (nSPS) is 14.9. The Morgan fingerprint density at radius 1 is 1.46 bits per heavy atom. The van der Waals surface area contributed by atoms with E-state index in [4.69, 9.17) is 9.52 Å². The summed E-state index contributed by atoms with van der Waals surface area (Å²) in [6.45, 7) is 1.74. The number of benzene rings is 1. The van der Waals surface area contributed by atoms with E-state index < -0.39 is 9.73 Å². The summed E-state index contributed by atoms with van der Waals surface area (Å²) in [4.78, 5) is 0.486. The number of hydrogen-bond donors (Lipinski definition) is 1. The highest BCUT2D eigenvalue weighted by Crippen LogP contribution is 2.23. The standard InChI is InChI=1S/C9H13NO2S/c1-3-13(10,11)9-7-5-4-6-8(9)12-2/h4-7,10H,3H2,1-2H3/t13-/m1/s1. The first-order valence-corrected chi connectivity index (χ1v) is 5.74. The monoisotopic (exact) mass is 199 g/mol. The van der Waals surface area contributed by atoms with Gasteiger partial charge in [0.2, 0.25) is 0 Å². The van der Waals surface area contributed by atoms with E-state index in [2.05, 4.69) is 0 Å². The van der Waals surface area contributed by atoms with Gasteiger partial charge in [-0.05, 0) is 12.1 Å². The largest absolute Gasteiger partial charge is 0.495 e. The van der Waals surface area contributed by atoms with Gasteiger partial charge in [-0.3, -0.25) is 0 Å². The van der Waals surface area contributed by atoms with Crippen LogP contribution in [-0.4, -0.2) is 17.1 Å². The predicted molar refractivity (Wildman–Crippen MR) is 52.7 cm³/mol. The average Bonchev–Trinajstić information content (AvgIpc) is 2.18. The molecule has 0 spiro atoms. The Kier molecular flexibility index (Phi) is 2.93. The Balaban J connectivity index is 3.29. The van der Waals surface area contributed by atoms with Gasteiger partial charge >= 0.3 is 0 Å². The van der Waals surface area contributed by atoms with E-state index in [-0.39, 0.29) is 0 Å². The van der Waals surface area contributed by atoms with Crippen molar-refractivity contribution in [1.29, 1.82) is 4.78 Å². The highest BCUT2D eigenvalue weighted by Gasteiger charge is 2.12. The van der Waals surface area contributed by atoms with E-state index in [0.717, 1.165) is 0 Å². The summed E-state index contributed by atoms with van der Waals surface area (Å²) in [5.74, 6) is 0.845. The number of nitrogens with one attached hydrogen (secondary N) is 1. The summed E-state index contributed by atoms with van der Waals surface area (Å²) in [6.07, 6.45) is 0. The average molecular weight is 199 g/mol. The van der Waals surface area contributed by atoms with Gasteiger partial charge in [0, 0.05) is 5.75 Å². The molecule has 4 heteroatoms. The molecule has 0 radical (unpaired) electrons. The molecule has 13 heavy (non-hydrogen) atoms. The van der Waals surface area contributed by atoms with Gasteiger partial charge in [-0.25, -0.2) is 8.99 Å². The first-order valence-electron chi connectivity index (χ1n) is 4.01. The molecule has 0 bridgehead atoms. The van der Waals surface area contributed by atoms with Gasteiger partial charge in [-0.2, -0.15) is 0 Å². The summed E-state index contributed by atoms with van der Waals surface area (Å²) in [6, 6.07) is 6.96. The molecule has 0 aromatic heterocycles. The highest BCUT2D eigenvalue weighted by atomic mass is 32.2. The van der Waals surface area contributed by atoms with E-state index in [9.17, 15) is 4.21 Å². The van der Waals surface area contributed by atoms with Crippen molar-refractivity contribution in [3.8, 4) is 5.75 Å². The molecule has 1 rings (SSSR count). The maximum atomic E-state index is 11.7. The fourth-order valence-corrected chi connectivity index (χ4v) is 2.13. The second kappa shape index (κ2) is 3.79. The van der Waals surface area contributed by atoms with Crippen molar-refractivity contribution in [1.82, 2.24) is 0 Å². The Hall–Kier alpha value is -1.03. The summed E-state index contributed by atoms with van der Waals surface area (Å²) >= 11 is 0. The summed E-state index contributed by atoms with van der Waals surface area (Å²) in [7, 11) is -1.15. The minimum absolute atomic E-state index is 0.313. The fourth-order valence-electron chi connectivity index (χ4n) is 1.05. The SMILES string of the molecule is CC[S@@](=N)(=O)c1ccccc1OC. The lowest BCUT2D eigenvalue weighted by Gasteiger charge is -2.09. The second-order valence-electron chi connectivity index (χ2n) is 2.61. The Morgan fingerprint density at radius 3 is 2.62 bits per heavy atom. The molecule has 0 aliphatic heterocycles. The van der Waals surface area contributed by atoms with Gasteiger partial charge in [-0.15, -0.1) is 0 Å². The molecule has 1 N–H and O–H groups in total. The van der Waals surface area contributed by atoms with Crippen LogP contribution in [0.1, 0.15) is 6.92 Å². The van der Waals surface area contributed by atoms with Crippen molar-refractivity contribution in [3.05, 3.63) is 24.3 Å². The number of methoxy groups -OCH3 is 1. The zero-order valence-electron chi connectivity index (χ0n) is 7.74. The predicted octanol–water partition coefficient (Wildman–Crippen LogP) is 2.12. The van der Waals surface area contributed by atoms with Crippen LogP contribution in [0.2, 0.25) is 0 Å². The van der Waals surface area contributed by atoms with Crippen LogP contribution < -0.4 is 4.74 Å². The van der Waals surface area contributed by atoms with Gasteiger partial charge in [0.1, 0.15) is 5.75 Å². The second-order valence-corrected chi connectivity index (χ2v) is 4.98. The molecule has 0 aliphatic rings. The van der Waals surface area contributed by atoms with Crippen molar-refractivity contribution in [2.24, 2.45) is 0 Å². The molecular formula is C9H13NO2S. The summed E-state index contributed by atoms with van der Waals surface area (Å²) in [5.41, 5.74) is 0. The van der Waals surface area contributed by atoms with Gasteiger partial charge < -0.3 is 4.74 Å². The zero-order valence-corrected chi connectivity index (χ0v) is 8.56. The maximum Gasteiger partial charge on any atom is 0.135 e. The minimum atomic E-state index is -2.67. The fraction of sp³-hybridized carbons (Fsp3) is 0.333. The molecule has 1 aromatic carbocycles. The lowest BCUT2D eigenvalue weighted by atomic mass is 10.3. The highest BCUT2D eigenvalue weighted by molar-refractivity contribution is 7.92. The molecule has 0 aliphatic carbocycles. The van der Waals surface area contributed by atoms with E-state index >= 15 is 0 Å². The van der Waals surface area contributed by atoms with Crippen molar-refractivity contribution >= 4 is 9.73 Å². The smallest absolute Gasteiger partial charge is 0.135 e. The van der Waals surface area contributed by atoms with Crippen molar-refractivity contribution < 1.29 is 8.95 Å². The third-order valence-electron chi connectivity index (χ3n) is 1.83. The molecule has 0 amide bonds. The third kappa shape index (κ3) is 2.01. The summed E-state index contributed by atoms with van der Waals surface area (Å²) < 4.78 is 24.4. The van der Waals surface area contributed by atoms with E-state index in [1.165, 1.54) is 7.11 Å². The van der Waals surface area contributed by atoms with E-state index in [1.54, 1.807) is 31.2 Å². The molecule has 1 atom stereocenters. The van der Waals surface area contributed by atoms with E-state index in [1.807, 2.05) is 0 Å². The Morgan fingerprint density at radius 2 is 2.08 bits per heavy atom. The maximum absolute atomic E-state index is 11.7. The van der Waals surface area contributed by atoms with Gasteiger partial charge in [0.15, 0.2) is 0 Å². The third-order valence-corrected chi connectivity index (χ3v) is 3.69. The van der Waals surface area contributed by atoms with Gasteiger partial charge in [0.25, 0.3) is 0 Å². The van der Waals surface area contributed by atoms with Gasteiger partial charge in [-0.1, -0.05) is 19.1 Å². The number of para-hydroxylation sites is 1. The zero-order chi connectivity index (χ0) is 9.90. The number of hydrogen-bond acceptors (Lipinski definition) is 3. The van der Waals surface area contributed by atoms with Crippen LogP contribution in [0, 0.1) is 4.78 Å². The Bertz CT molecular complexity index is 384. The van der Waals surface area contributed by atoms with Crippen LogP contribution in [0.25, 0.3) is 0 Å². The quantitative estimate of drug-likeness (QED) is 0.810. The molecular weight excluding hydrogens is 186 g/mol. The molecule has 0 heterocycles. The topological polar surface area (TPSA) is 50.2 Å².